The zero-order chi connectivity index (χ0) is 30.5. The van der Waals surface area contributed by atoms with Gasteiger partial charge in [0.2, 0.25) is 0 Å². The van der Waals surface area contributed by atoms with Gasteiger partial charge in [-0.2, -0.15) is 0 Å². The first-order chi connectivity index (χ1) is 20.5. The van der Waals surface area contributed by atoms with Crippen LogP contribution in [0.5, 0.6) is 0 Å². The lowest BCUT2D eigenvalue weighted by Gasteiger charge is -2.26. The molecule has 2 amide bonds. The highest BCUT2D eigenvalue weighted by Gasteiger charge is 2.31. The van der Waals surface area contributed by atoms with E-state index in [4.69, 9.17) is 0 Å². The summed E-state index contributed by atoms with van der Waals surface area (Å²) in [6.07, 6.45) is 0. The fraction of sp³-hybridized carbons (Fsp3) is 0.0909. The van der Waals surface area contributed by atoms with E-state index in [-0.39, 0.29) is 33.4 Å². The monoisotopic (exact) mass is 574 g/mol. The highest BCUT2D eigenvalue weighted by molar-refractivity contribution is 6.17. The number of carbonyl (C=O) groups is 6. The summed E-state index contributed by atoms with van der Waals surface area (Å²) in [5, 5.41) is 5.59. The summed E-state index contributed by atoms with van der Waals surface area (Å²) in [4.78, 5) is 72.5. The van der Waals surface area contributed by atoms with Crippen LogP contribution in [0.1, 0.15) is 87.1 Å². The van der Waals surface area contributed by atoms with Crippen LogP contribution in [0, 0.1) is 0 Å². The molecule has 0 unspecified atom stereocenters. The molecule has 0 atom stereocenters. The quantitative estimate of drug-likeness (QED) is 0.238. The molecule has 10 heteroatoms. The Hall–Kier alpha value is -5.90. The summed E-state index contributed by atoms with van der Waals surface area (Å²) in [6.45, 7) is 4.09. The fourth-order valence-corrected chi connectivity index (χ4v) is 4.97. The number of amides is 2. The molecule has 2 N–H and O–H groups in total. The van der Waals surface area contributed by atoms with Crippen molar-refractivity contribution in [1.82, 2.24) is 0 Å². The predicted molar refractivity (Wildman–Crippen MR) is 153 cm³/mol. The summed E-state index contributed by atoms with van der Waals surface area (Å²) in [6, 6.07) is 23.1. The van der Waals surface area contributed by atoms with Crippen LogP contribution in [0.4, 0.5) is 11.4 Å². The van der Waals surface area contributed by atoms with E-state index in [9.17, 15) is 28.8 Å². The molecule has 2 heterocycles. The summed E-state index contributed by atoms with van der Waals surface area (Å²) < 4.78 is 9.15. The first-order valence-electron chi connectivity index (χ1n) is 13.2. The van der Waals surface area contributed by atoms with Crippen molar-refractivity contribution in [2.24, 2.45) is 0 Å². The zero-order valence-corrected chi connectivity index (χ0v) is 22.8. The summed E-state index contributed by atoms with van der Waals surface area (Å²) in [5.74, 6) is -3.88. The first-order valence-corrected chi connectivity index (χ1v) is 13.2. The Balaban J connectivity index is 1.12. The van der Waals surface area contributed by atoms with Gasteiger partial charge in [-0.1, -0.05) is 38.1 Å². The molecule has 6 rings (SSSR count). The molecule has 4 aromatic rings. The second-order valence-electron chi connectivity index (χ2n) is 10.6. The van der Waals surface area contributed by atoms with Gasteiger partial charge in [0.05, 0.1) is 22.3 Å². The van der Waals surface area contributed by atoms with Crippen molar-refractivity contribution in [3.63, 3.8) is 0 Å². The van der Waals surface area contributed by atoms with E-state index in [1.54, 1.807) is 24.3 Å². The third-order valence-corrected chi connectivity index (χ3v) is 7.54. The molecule has 10 nitrogen and oxygen atoms in total. The molecule has 0 bridgehead atoms. The summed E-state index contributed by atoms with van der Waals surface area (Å²) >= 11 is 0. The van der Waals surface area contributed by atoms with E-state index in [2.05, 4.69) is 20.1 Å². The minimum Gasteiger partial charge on any atom is -0.386 e. The van der Waals surface area contributed by atoms with Gasteiger partial charge < -0.3 is 20.1 Å². The molecule has 43 heavy (non-hydrogen) atoms. The van der Waals surface area contributed by atoms with Crippen LogP contribution < -0.4 is 10.6 Å². The van der Waals surface area contributed by atoms with Crippen molar-refractivity contribution in [3.8, 4) is 0 Å². The number of carbonyl (C=O) groups excluding carboxylic acids is 6. The number of rotatable bonds is 6. The first kappa shape index (κ1) is 27.3. The van der Waals surface area contributed by atoms with Gasteiger partial charge in [-0.3, -0.25) is 9.59 Å². The third-order valence-electron chi connectivity index (χ3n) is 7.54. The number of hydrogen-bond donors (Lipinski definition) is 2. The Kier molecular flexibility index (Phi) is 6.46. The maximum absolute atomic E-state index is 12.8. The normalized spacial score (nSPS) is 13.6. The van der Waals surface area contributed by atoms with Crippen LogP contribution >= 0.6 is 0 Å². The van der Waals surface area contributed by atoms with Crippen molar-refractivity contribution < 1.29 is 38.2 Å². The molecule has 0 saturated heterocycles. The van der Waals surface area contributed by atoms with E-state index in [1.165, 1.54) is 36.4 Å². The Morgan fingerprint density at radius 2 is 0.860 bits per heavy atom. The third kappa shape index (κ3) is 4.95. The maximum Gasteiger partial charge on any atom is 0.346 e. The number of esters is 4. The van der Waals surface area contributed by atoms with Crippen LogP contribution in [0.2, 0.25) is 0 Å². The van der Waals surface area contributed by atoms with Gasteiger partial charge in [0, 0.05) is 27.9 Å². The second kappa shape index (κ2) is 10.2. The van der Waals surface area contributed by atoms with Crippen LogP contribution in [-0.2, 0) is 14.9 Å². The Bertz CT molecular complexity index is 1750. The molecule has 2 aliphatic rings. The van der Waals surface area contributed by atoms with Crippen molar-refractivity contribution >= 4 is 47.1 Å². The molecule has 0 spiro atoms. The molecular formula is C33H22N2O8. The predicted octanol–water partition coefficient (Wildman–Crippen LogP) is 5.14. The van der Waals surface area contributed by atoms with Crippen LogP contribution in [0.3, 0.4) is 0 Å². The SMILES string of the molecule is CC(C)(c1ccc(NC(=O)c2ccc3c(c2)C(=O)OC3=O)cc1)c1ccc(NC(=O)c2ccc3c(c2)C(=O)OC3=O)cc1. The fourth-order valence-electron chi connectivity index (χ4n) is 4.97. The minimum absolute atomic E-state index is 0.0628. The Morgan fingerprint density at radius 1 is 0.512 bits per heavy atom. The van der Waals surface area contributed by atoms with E-state index < -0.39 is 41.1 Å². The number of ether oxygens (including phenoxy) is 2. The second-order valence-corrected chi connectivity index (χ2v) is 10.6. The number of cyclic esters (lactones) is 4. The Morgan fingerprint density at radius 3 is 1.23 bits per heavy atom. The molecule has 0 fully saturated rings. The van der Waals surface area contributed by atoms with E-state index in [1.807, 2.05) is 38.1 Å². The lowest BCUT2D eigenvalue weighted by molar-refractivity contribution is 0.0425. The zero-order valence-electron chi connectivity index (χ0n) is 22.8. The lowest BCUT2D eigenvalue weighted by atomic mass is 9.78. The van der Waals surface area contributed by atoms with Gasteiger partial charge in [-0.15, -0.1) is 0 Å². The van der Waals surface area contributed by atoms with E-state index in [0.717, 1.165) is 11.1 Å². The number of anilines is 2. The van der Waals surface area contributed by atoms with Gasteiger partial charge in [0.15, 0.2) is 0 Å². The number of benzene rings is 4. The smallest absolute Gasteiger partial charge is 0.346 e. The molecule has 2 aliphatic heterocycles. The van der Waals surface area contributed by atoms with E-state index in [0.29, 0.717) is 11.4 Å². The van der Waals surface area contributed by atoms with Crippen molar-refractivity contribution in [1.29, 1.82) is 0 Å². The Labute approximate surface area is 244 Å². The van der Waals surface area contributed by atoms with Crippen LogP contribution in [0.15, 0.2) is 84.9 Å². The molecule has 0 aliphatic carbocycles. The molecule has 0 saturated carbocycles. The van der Waals surface area contributed by atoms with Crippen molar-refractivity contribution in [3.05, 3.63) is 129 Å². The number of nitrogens with one attached hydrogen (secondary N) is 2. The van der Waals surface area contributed by atoms with Gasteiger partial charge >= 0.3 is 23.9 Å². The van der Waals surface area contributed by atoms with Gasteiger partial charge in [0.25, 0.3) is 11.8 Å². The van der Waals surface area contributed by atoms with Crippen molar-refractivity contribution in [2.45, 2.75) is 19.3 Å². The molecular weight excluding hydrogens is 552 g/mol. The van der Waals surface area contributed by atoms with E-state index >= 15 is 0 Å². The highest BCUT2D eigenvalue weighted by Crippen LogP contribution is 2.33. The van der Waals surface area contributed by atoms with Gasteiger partial charge in [-0.05, 0) is 71.8 Å². The molecule has 0 aromatic heterocycles. The molecule has 212 valence electrons. The average Bonchev–Trinajstić information content (AvgIpc) is 3.45. The van der Waals surface area contributed by atoms with Crippen LogP contribution in [0.25, 0.3) is 0 Å². The average molecular weight is 575 g/mol. The highest BCUT2D eigenvalue weighted by atomic mass is 16.6. The minimum atomic E-state index is -0.775. The summed E-state index contributed by atoms with van der Waals surface area (Å²) in [5.41, 5.74) is 3.44. The number of hydrogen-bond acceptors (Lipinski definition) is 8. The van der Waals surface area contributed by atoms with Crippen LogP contribution in [-0.4, -0.2) is 35.7 Å². The number of fused-ring (bicyclic) bond motifs is 2. The molecule has 4 aromatic carbocycles. The maximum atomic E-state index is 12.8. The largest absolute Gasteiger partial charge is 0.386 e. The standard InChI is InChI=1S/C33H22N2O8/c1-33(2,19-5-9-21(10-6-19)34-27(36)17-3-13-23-25(15-17)31(40)42-29(23)38)20-7-11-22(12-8-20)35-28(37)18-4-14-24-26(16-18)32(41)43-30(24)39/h3-16H,1-2H3,(H,34,36)(H,35,37). The van der Waals surface area contributed by atoms with Gasteiger partial charge in [-0.25, -0.2) is 19.2 Å². The summed E-state index contributed by atoms with van der Waals surface area (Å²) in [7, 11) is 0. The lowest BCUT2D eigenvalue weighted by Crippen LogP contribution is -2.19. The van der Waals surface area contributed by atoms with Crippen molar-refractivity contribution in [2.75, 3.05) is 10.6 Å². The molecule has 0 radical (unpaired) electrons. The topological polar surface area (TPSA) is 145 Å². The van der Waals surface area contributed by atoms with Gasteiger partial charge in [0.1, 0.15) is 0 Å².